The van der Waals surface area contributed by atoms with Gasteiger partial charge >= 0.3 is 0 Å². The normalized spacial score (nSPS) is 10.3. The molecule has 0 N–H and O–H groups in total. The number of hydrogen-bond acceptors (Lipinski definition) is 4. The quantitative estimate of drug-likeness (QED) is 0.832. The van der Waals surface area contributed by atoms with Gasteiger partial charge in [0, 0.05) is 12.4 Å². The number of nitrogens with zero attached hydrogens (tertiary/aromatic N) is 3. The lowest BCUT2D eigenvalue weighted by atomic mass is 10.7. The van der Waals surface area contributed by atoms with Crippen molar-refractivity contribution >= 4 is 27.3 Å². The van der Waals surface area contributed by atoms with Crippen LogP contribution < -0.4 is 4.74 Å². The highest BCUT2D eigenvalue weighted by Crippen LogP contribution is 2.26. The molecule has 0 spiro atoms. The maximum absolute atomic E-state index is 5.41. The van der Waals surface area contributed by atoms with Crippen LogP contribution in [0.4, 0.5) is 0 Å². The fourth-order valence-corrected chi connectivity index (χ4v) is 1.94. The lowest BCUT2D eigenvalue weighted by molar-refractivity contribution is 0.477. The molecule has 0 atom stereocenters. The van der Waals surface area contributed by atoms with Crippen molar-refractivity contribution in [3.8, 4) is 10.9 Å². The van der Waals surface area contributed by atoms with Crippen molar-refractivity contribution in [1.82, 2.24) is 14.8 Å². The lowest BCUT2D eigenvalue weighted by Gasteiger charge is -1.94. The van der Waals surface area contributed by atoms with Crippen LogP contribution in [-0.4, -0.2) is 14.8 Å². The van der Waals surface area contributed by atoms with Crippen LogP contribution in [0.25, 0.3) is 0 Å². The van der Waals surface area contributed by atoms with Crippen molar-refractivity contribution in [2.75, 3.05) is 0 Å². The lowest BCUT2D eigenvalue weighted by Crippen LogP contribution is -1.84. The third-order valence-electron chi connectivity index (χ3n) is 1.34. The highest BCUT2D eigenvalue weighted by atomic mass is 79.9. The summed E-state index contributed by atoms with van der Waals surface area (Å²) in [5.41, 5.74) is 0. The number of aryl methyl sites for hydroxylation is 1. The second kappa shape index (κ2) is 3.47. The van der Waals surface area contributed by atoms with E-state index < -0.39 is 0 Å². The van der Waals surface area contributed by atoms with Crippen LogP contribution in [0.1, 0.15) is 0 Å². The topological polar surface area (TPSA) is 39.9 Å². The van der Waals surface area contributed by atoms with Gasteiger partial charge in [-0.2, -0.15) is 10.1 Å². The molecule has 68 valence electrons. The summed E-state index contributed by atoms with van der Waals surface area (Å²) in [6, 6.07) is 0. The molecule has 13 heavy (non-hydrogen) atoms. The summed E-state index contributed by atoms with van der Waals surface area (Å²) >= 11 is 4.69. The molecule has 0 radical (unpaired) electrons. The molecule has 0 amide bonds. The van der Waals surface area contributed by atoms with Crippen LogP contribution in [0, 0.1) is 0 Å². The van der Waals surface area contributed by atoms with Gasteiger partial charge in [0.2, 0.25) is 0 Å². The molecule has 0 saturated carbocycles. The minimum Gasteiger partial charge on any atom is -0.428 e. The number of aromatic nitrogens is 3. The van der Waals surface area contributed by atoms with Gasteiger partial charge in [0.25, 0.3) is 5.19 Å². The molecule has 2 heterocycles. The molecule has 0 aliphatic rings. The second-order valence-electron chi connectivity index (χ2n) is 2.39. The van der Waals surface area contributed by atoms with Gasteiger partial charge in [-0.1, -0.05) is 11.3 Å². The number of rotatable bonds is 2. The van der Waals surface area contributed by atoms with E-state index in [2.05, 4.69) is 26.0 Å². The van der Waals surface area contributed by atoms with E-state index in [4.69, 9.17) is 4.74 Å². The first-order valence-electron chi connectivity index (χ1n) is 3.51. The van der Waals surface area contributed by atoms with E-state index >= 15 is 0 Å². The third-order valence-corrected chi connectivity index (χ3v) is 2.77. The summed E-state index contributed by atoms with van der Waals surface area (Å²) in [6.07, 6.45) is 3.44. The first-order chi connectivity index (χ1) is 6.24. The molecule has 0 bridgehead atoms. The van der Waals surface area contributed by atoms with Crippen molar-refractivity contribution in [2.45, 2.75) is 0 Å². The molecule has 0 aliphatic heterocycles. The summed E-state index contributed by atoms with van der Waals surface area (Å²) in [5.74, 6) is 0.698. The smallest absolute Gasteiger partial charge is 0.279 e. The average molecular weight is 260 g/mol. The van der Waals surface area contributed by atoms with Crippen molar-refractivity contribution < 1.29 is 4.74 Å². The Balaban J connectivity index is 2.14. The van der Waals surface area contributed by atoms with Crippen molar-refractivity contribution in [3.63, 3.8) is 0 Å². The van der Waals surface area contributed by atoms with E-state index in [0.717, 1.165) is 4.60 Å². The van der Waals surface area contributed by atoms with Crippen LogP contribution >= 0.6 is 27.3 Å². The van der Waals surface area contributed by atoms with Gasteiger partial charge in [0.1, 0.15) is 4.60 Å². The number of thiazole rings is 1. The molecule has 4 nitrogen and oxygen atoms in total. The summed E-state index contributed by atoms with van der Waals surface area (Å²) in [6.45, 7) is 0. The van der Waals surface area contributed by atoms with E-state index in [1.165, 1.54) is 11.3 Å². The average Bonchev–Trinajstić information content (AvgIpc) is 2.62. The number of halogens is 1. The molecular weight excluding hydrogens is 254 g/mol. The van der Waals surface area contributed by atoms with E-state index in [9.17, 15) is 0 Å². The highest BCUT2D eigenvalue weighted by molar-refractivity contribution is 9.10. The van der Waals surface area contributed by atoms with Crippen LogP contribution in [-0.2, 0) is 7.05 Å². The van der Waals surface area contributed by atoms with E-state index in [1.54, 1.807) is 17.1 Å². The van der Waals surface area contributed by atoms with Crippen molar-refractivity contribution in [2.24, 2.45) is 7.05 Å². The van der Waals surface area contributed by atoms with Gasteiger partial charge in [0.05, 0.1) is 12.4 Å². The van der Waals surface area contributed by atoms with Crippen LogP contribution in [0.15, 0.2) is 22.4 Å². The minimum atomic E-state index is 0.611. The van der Waals surface area contributed by atoms with Gasteiger partial charge < -0.3 is 4.74 Å². The Morgan fingerprint density at radius 3 is 3.00 bits per heavy atom. The molecule has 6 heteroatoms. The summed E-state index contributed by atoms with van der Waals surface area (Å²) < 4.78 is 7.88. The summed E-state index contributed by atoms with van der Waals surface area (Å²) in [5, 5.41) is 6.45. The van der Waals surface area contributed by atoms with Gasteiger partial charge in [-0.25, -0.2) is 0 Å². The van der Waals surface area contributed by atoms with Gasteiger partial charge in [0.15, 0.2) is 5.75 Å². The number of hydrogen-bond donors (Lipinski definition) is 0. The van der Waals surface area contributed by atoms with Gasteiger partial charge in [-0.15, -0.1) is 0 Å². The SMILES string of the molecule is Cn1cc(Oc2nc(Br)cs2)cn1. The molecule has 0 fully saturated rings. The van der Waals surface area contributed by atoms with E-state index in [1.807, 2.05) is 12.4 Å². The zero-order valence-corrected chi connectivity index (χ0v) is 9.17. The Morgan fingerprint density at radius 2 is 2.46 bits per heavy atom. The molecule has 2 aromatic rings. The van der Waals surface area contributed by atoms with Crippen LogP contribution in [0.3, 0.4) is 0 Å². The van der Waals surface area contributed by atoms with E-state index in [-0.39, 0.29) is 0 Å². The summed E-state index contributed by atoms with van der Waals surface area (Å²) in [7, 11) is 1.84. The predicted octanol–water partition coefficient (Wildman–Crippen LogP) is 2.43. The zero-order valence-electron chi connectivity index (χ0n) is 6.77. The highest BCUT2D eigenvalue weighted by Gasteiger charge is 2.03. The Hall–Kier alpha value is -0.880. The first kappa shape index (κ1) is 8.71. The molecule has 0 saturated heterocycles. The monoisotopic (exact) mass is 259 g/mol. The maximum atomic E-state index is 5.41. The molecule has 0 aliphatic carbocycles. The second-order valence-corrected chi connectivity index (χ2v) is 4.02. The standard InChI is InChI=1S/C7H6BrN3OS/c1-11-3-5(2-9-11)12-7-10-6(8)4-13-7/h2-4H,1H3. The Kier molecular flexibility index (Phi) is 2.32. The summed E-state index contributed by atoms with van der Waals surface area (Å²) in [4.78, 5) is 4.09. The Bertz CT molecular complexity index is 373. The molecule has 2 aromatic heterocycles. The Labute approximate surface area is 87.3 Å². The minimum absolute atomic E-state index is 0.611. The maximum Gasteiger partial charge on any atom is 0.279 e. The third kappa shape index (κ3) is 2.07. The first-order valence-corrected chi connectivity index (χ1v) is 5.19. The van der Waals surface area contributed by atoms with E-state index in [0.29, 0.717) is 10.9 Å². The number of ether oxygens (including phenoxy) is 1. The molecule has 2 rings (SSSR count). The Morgan fingerprint density at radius 1 is 1.62 bits per heavy atom. The van der Waals surface area contributed by atoms with Gasteiger partial charge in [-0.3, -0.25) is 4.68 Å². The predicted molar refractivity (Wildman–Crippen MR) is 53.1 cm³/mol. The van der Waals surface area contributed by atoms with Crippen molar-refractivity contribution in [1.29, 1.82) is 0 Å². The van der Waals surface area contributed by atoms with Crippen LogP contribution in [0.2, 0.25) is 0 Å². The fraction of sp³-hybridized carbons (Fsp3) is 0.143. The van der Waals surface area contributed by atoms with Gasteiger partial charge in [-0.05, 0) is 15.9 Å². The molecule has 0 aromatic carbocycles. The molecular formula is C7H6BrN3OS. The fourth-order valence-electron chi connectivity index (χ4n) is 0.838. The largest absolute Gasteiger partial charge is 0.428 e. The zero-order chi connectivity index (χ0) is 9.26. The van der Waals surface area contributed by atoms with Crippen molar-refractivity contribution in [3.05, 3.63) is 22.4 Å². The molecule has 0 unspecified atom stereocenters. The van der Waals surface area contributed by atoms with Crippen LogP contribution in [0.5, 0.6) is 10.9 Å².